The van der Waals surface area contributed by atoms with Gasteiger partial charge in [-0.2, -0.15) is 0 Å². The van der Waals surface area contributed by atoms with Crippen molar-refractivity contribution in [1.29, 1.82) is 0 Å². The lowest BCUT2D eigenvalue weighted by molar-refractivity contribution is 0.392. The SMILES string of the molecule is Cc1noc(C)c1C(C)Nc1cc(Cl)nnc1Cl. The van der Waals surface area contributed by atoms with Gasteiger partial charge in [0.1, 0.15) is 5.76 Å². The standard InChI is InChI=1S/C11H12Cl2N4O/c1-5(10-6(2)17-18-7(10)3)14-8-4-9(12)15-16-11(8)13/h4-5H,1-3H3,(H,14,15). The van der Waals surface area contributed by atoms with Crippen molar-refractivity contribution in [2.45, 2.75) is 26.8 Å². The van der Waals surface area contributed by atoms with E-state index in [1.54, 1.807) is 6.07 Å². The predicted octanol–water partition coefficient (Wildman–Crippen LogP) is 3.56. The summed E-state index contributed by atoms with van der Waals surface area (Å²) in [6.07, 6.45) is 0. The fourth-order valence-corrected chi connectivity index (χ4v) is 2.16. The molecule has 2 aromatic heterocycles. The summed E-state index contributed by atoms with van der Waals surface area (Å²) < 4.78 is 5.13. The van der Waals surface area contributed by atoms with Crippen LogP contribution in [0.1, 0.15) is 30.0 Å². The average molecular weight is 287 g/mol. The van der Waals surface area contributed by atoms with Gasteiger partial charge in [0, 0.05) is 11.6 Å². The summed E-state index contributed by atoms with van der Waals surface area (Å²) in [5, 5.41) is 15.1. The van der Waals surface area contributed by atoms with Crippen molar-refractivity contribution < 1.29 is 4.52 Å². The smallest absolute Gasteiger partial charge is 0.174 e. The summed E-state index contributed by atoms with van der Waals surface area (Å²) in [5.74, 6) is 0.775. The van der Waals surface area contributed by atoms with Gasteiger partial charge in [0.15, 0.2) is 10.3 Å². The Balaban J connectivity index is 2.26. The molecule has 2 rings (SSSR count). The molecule has 0 aliphatic rings. The monoisotopic (exact) mass is 286 g/mol. The fourth-order valence-electron chi connectivity index (χ4n) is 1.87. The molecule has 0 fully saturated rings. The molecule has 0 saturated heterocycles. The molecule has 0 amide bonds. The maximum atomic E-state index is 5.95. The summed E-state index contributed by atoms with van der Waals surface area (Å²) >= 11 is 11.7. The molecular formula is C11H12Cl2N4O. The molecule has 18 heavy (non-hydrogen) atoms. The van der Waals surface area contributed by atoms with Gasteiger partial charge in [-0.1, -0.05) is 28.4 Å². The summed E-state index contributed by atoms with van der Waals surface area (Å²) in [7, 11) is 0. The number of halogens is 2. The number of aromatic nitrogens is 3. The molecule has 0 aliphatic heterocycles. The van der Waals surface area contributed by atoms with Gasteiger partial charge in [-0.25, -0.2) is 0 Å². The molecule has 2 aromatic rings. The second kappa shape index (κ2) is 5.12. The highest BCUT2D eigenvalue weighted by molar-refractivity contribution is 6.33. The Morgan fingerprint density at radius 1 is 1.28 bits per heavy atom. The van der Waals surface area contributed by atoms with Gasteiger partial charge in [0.05, 0.1) is 17.4 Å². The normalized spacial score (nSPS) is 12.5. The van der Waals surface area contributed by atoms with Crippen molar-refractivity contribution in [3.63, 3.8) is 0 Å². The number of anilines is 1. The molecule has 7 heteroatoms. The molecule has 0 aliphatic carbocycles. The third kappa shape index (κ3) is 2.57. The Hall–Kier alpha value is -1.33. The van der Waals surface area contributed by atoms with E-state index < -0.39 is 0 Å². The molecule has 2 heterocycles. The molecule has 0 saturated carbocycles. The van der Waals surface area contributed by atoms with Crippen LogP contribution in [-0.4, -0.2) is 15.4 Å². The minimum absolute atomic E-state index is 0.0194. The Kier molecular flexibility index (Phi) is 3.73. The minimum Gasteiger partial charge on any atom is -0.376 e. The van der Waals surface area contributed by atoms with Crippen LogP contribution < -0.4 is 5.32 Å². The quantitative estimate of drug-likeness (QED) is 0.935. The van der Waals surface area contributed by atoms with Crippen LogP contribution in [-0.2, 0) is 0 Å². The van der Waals surface area contributed by atoms with Gasteiger partial charge in [-0.15, -0.1) is 10.2 Å². The van der Waals surface area contributed by atoms with Crippen LogP contribution in [0.2, 0.25) is 10.3 Å². The highest BCUT2D eigenvalue weighted by Gasteiger charge is 2.17. The van der Waals surface area contributed by atoms with Crippen molar-refractivity contribution in [1.82, 2.24) is 15.4 Å². The van der Waals surface area contributed by atoms with Crippen LogP contribution in [0.5, 0.6) is 0 Å². The zero-order valence-electron chi connectivity index (χ0n) is 10.2. The van der Waals surface area contributed by atoms with E-state index in [0.29, 0.717) is 5.69 Å². The third-order valence-corrected chi connectivity index (χ3v) is 3.08. The lowest BCUT2D eigenvalue weighted by Crippen LogP contribution is -2.09. The van der Waals surface area contributed by atoms with E-state index in [9.17, 15) is 0 Å². The zero-order valence-corrected chi connectivity index (χ0v) is 11.7. The van der Waals surface area contributed by atoms with Gasteiger partial charge in [0.2, 0.25) is 0 Å². The van der Waals surface area contributed by atoms with Crippen LogP contribution >= 0.6 is 23.2 Å². The van der Waals surface area contributed by atoms with E-state index >= 15 is 0 Å². The van der Waals surface area contributed by atoms with E-state index in [-0.39, 0.29) is 16.3 Å². The number of rotatable bonds is 3. The maximum absolute atomic E-state index is 5.95. The molecule has 1 N–H and O–H groups in total. The van der Waals surface area contributed by atoms with Gasteiger partial charge in [0.25, 0.3) is 0 Å². The largest absolute Gasteiger partial charge is 0.376 e. The number of nitrogens with one attached hydrogen (secondary N) is 1. The summed E-state index contributed by atoms with van der Waals surface area (Å²) in [6.45, 7) is 5.74. The Bertz CT molecular complexity index is 551. The number of hydrogen-bond acceptors (Lipinski definition) is 5. The number of aryl methyl sites for hydroxylation is 2. The van der Waals surface area contributed by atoms with Crippen LogP contribution in [0.15, 0.2) is 10.6 Å². The molecular weight excluding hydrogens is 275 g/mol. The molecule has 0 bridgehead atoms. The van der Waals surface area contributed by atoms with Crippen molar-refractivity contribution in [2.75, 3.05) is 5.32 Å². The van der Waals surface area contributed by atoms with Crippen LogP contribution in [0, 0.1) is 13.8 Å². The Morgan fingerprint density at radius 3 is 2.61 bits per heavy atom. The van der Waals surface area contributed by atoms with Crippen molar-refractivity contribution in [2.24, 2.45) is 0 Å². The summed E-state index contributed by atoms with van der Waals surface area (Å²) in [4.78, 5) is 0. The van der Waals surface area contributed by atoms with Crippen LogP contribution in [0.3, 0.4) is 0 Å². The predicted molar refractivity (Wildman–Crippen MR) is 70.1 cm³/mol. The van der Waals surface area contributed by atoms with E-state index in [1.807, 2.05) is 20.8 Å². The molecule has 1 unspecified atom stereocenters. The molecule has 0 spiro atoms. The third-order valence-electron chi connectivity index (χ3n) is 2.61. The summed E-state index contributed by atoms with van der Waals surface area (Å²) in [6, 6.07) is 1.61. The first kappa shape index (κ1) is 13.1. The molecule has 0 aromatic carbocycles. The highest BCUT2D eigenvalue weighted by atomic mass is 35.5. The lowest BCUT2D eigenvalue weighted by Gasteiger charge is -2.15. The minimum atomic E-state index is -0.0194. The Morgan fingerprint density at radius 2 is 2.00 bits per heavy atom. The number of hydrogen-bond donors (Lipinski definition) is 1. The van der Waals surface area contributed by atoms with E-state index in [1.165, 1.54) is 0 Å². The van der Waals surface area contributed by atoms with Gasteiger partial charge in [-0.05, 0) is 20.8 Å². The van der Waals surface area contributed by atoms with Crippen molar-refractivity contribution in [3.05, 3.63) is 33.4 Å². The van der Waals surface area contributed by atoms with Gasteiger partial charge >= 0.3 is 0 Å². The fraction of sp³-hybridized carbons (Fsp3) is 0.364. The van der Waals surface area contributed by atoms with E-state index in [0.717, 1.165) is 17.0 Å². The molecule has 5 nitrogen and oxygen atoms in total. The average Bonchev–Trinajstić information content (AvgIpc) is 2.63. The number of nitrogens with zero attached hydrogens (tertiary/aromatic N) is 3. The molecule has 96 valence electrons. The van der Waals surface area contributed by atoms with Crippen LogP contribution in [0.4, 0.5) is 5.69 Å². The van der Waals surface area contributed by atoms with Gasteiger partial charge < -0.3 is 9.84 Å². The second-order valence-corrected chi connectivity index (χ2v) is 4.72. The Labute approximate surface area is 114 Å². The molecule has 1 atom stereocenters. The second-order valence-electron chi connectivity index (χ2n) is 3.98. The van der Waals surface area contributed by atoms with Crippen molar-refractivity contribution >= 4 is 28.9 Å². The lowest BCUT2D eigenvalue weighted by atomic mass is 10.1. The topological polar surface area (TPSA) is 63.8 Å². The van der Waals surface area contributed by atoms with E-state index in [2.05, 4.69) is 20.7 Å². The zero-order chi connectivity index (χ0) is 13.3. The first-order valence-corrected chi connectivity index (χ1v) is 6.12. The maximum Gasteiger partial charge on any atom is 0.174 e. The van der Waals surface area contributed by atoms with Gasteiger partial charge in [-0.3, -0.25) is 0 Å². The van der Waals surface area contributed by atoms with Crippen molar-refractivity contribution in [3.8, 4) is 0 Å². The first-order chi connectivity index (χ1) is 8.49. The van der Waals surface area contributed by atoms with E-state index in [4.69, 9.17) is 27.7 Å². The summed E-state index contributed by atoms with van der Waals surface area (Å²) in [5.41, 5.74) is 2.47. The first-order valence-electron chi connectivity index (χ1n) is 5.37. The highest BCUT2D eigenvalue weighted by Crippen LogP contribution is 2.28. The van der Waals surface area contributed by atoms with Crippen LogP contribution in [0.25, 0.3) is 0 Å². The molecule has 0 radical (unpaired) electrons.